The molecule has 110 valence electrons. The summed E-state index contributed by atoms with van der Waals surface area (Å²) in [4.78, 5) is 11.1. The quantitative estimate of drug-likeness (QED) is 0.276. The fourth-order valence-electron chi connectivity index (χ4n) is 1.98. The average molecular weight is 266 g/mol. The molecule has 2 nitrogen and oxygen atoms in total. The molecule has 0 heterocycles. The normalized spacial score (nSPS) is 12.5. The van der Waals surface area contributed by atoms with Crippen molar-refractivity contribution in [3.05, 3.63) is 24.8 Å². The molecule has 0 saturated carbocycles. The predicted molar refractivity (Wildman–Crippen MR) is 82.1 cm³/mol. The molecule has 0 spiro atoms. The van der Waals surface area contributed by atoms with E-state index in [1.54, 1.807) is 0 Å². The zero-order valence-corrected chi connectivity index (χ0v) is 12.7. The molecule has 19 heavy (non-hydrogen) atoms. The first-order valence-electron chi connectivity index (χ1n) is 7.63. The van der Waals surface area contributed by atoms with Gasteiger partial charge in [0.2, 0.25) is 0 Å². The number of hydrogen-bond acceptors (Lipinski definition) is 2. The molecule has 0 radical (unpaired) electrons. The van der Waals surface area contributed by atoms with Gasteiger partial charge in [0, 0.05) is 13.3 Å². The average Bonchev–Trinajstić information content (AvgIpc) is 2.37. The Labute approximate surface area is 118 Å². The fourth-order valence-corrected chi connectivity index (χ4v) is 1.98. The number of allylic oxidation sites excluding steroid dienone is 2. The summed E-state index contributed by atoms with van der Waals surface area (Å²) in [5.74, 6) is -0.168. The van der Waals surface area contributed by atoms with Crippen molar-refractivity contribution in [1.82, 2.24) is 0 Å². The van der Waals surface area contributed by atoms with E-state index in [1.165, 1.54) is 32.6 Å². The van der Waals surface area contributed by atoms with Crippen LogP contribution >= 0.6 is 0 Å². The van der Waals surface area contributed by atoms with Gasteiger partial charge in [0.05, 0.1) is 0 Å². The molecule has 0 aliphatic heterocycles. The summed E-state index contributed by atoms with van der Waals surface area (Å²) in [5.41, 5.74) is 0. The summed E-state index contributed by atoms with van der Waals surface area (Å²) in [6, 6.07) is 0. The van der Waals surface area contributed by atoms with Gasteiger partial charge in [-0.2, -0.15) is 0 Å². The monoisotopic (exact) mass is 266 g/mol. The SMILES string of the molecule is C=CCCCCCC(C/C=C/CCCC)OC(C)=O. The van der Waals surface area contributed by atoms with Gasteiger partial charge in [-0.15, -0.1) is 6.58 Å². The van der Waals surface area contributed by atoms with E-state index in [0.717, 1.165) is 32.1 Å². The van der Waals surface area contributed by atoms with Crippen molar-refractivity contribution in [2.75, 3.05) is 0 Å². The minimum absolute atomic E-state index is 0.0547. The summed E-state index contributed by atoms with van der Waals surface area (Å²) >= 11 is 0. The minimum Gasteiger partial charge on any atom is -0.462 e. The van der Waals surface area contributed by atoms with Crippen LogP contribution in [-0.2, 0) is 9.53 Å². The number of unbranched alkanes of at least 4 members (excludes halogenated alkanes) is 5. The standard InChI is InChI=1S/C17H30O2/c1-4-6-8-10-12-14-17(19-16(3)18)15-13-11-9-7-5-2/h4,11,13,17H,1,5-10,12,14-15H2,2-3H3/b13-11+. The van der Waals surface area contributed by atoms with Gasteiger partial charge in [0.25, 0.3) is 0 Å². The Morgan fingerprint density at radius 1 is 1.16 bits per heavy atom. The Balaban J connectivity index is 3.84. The van der Waals surface area contributed by atoms with Crippen LogP contribution in [-0.4, -0.2) is 12.1 Å². The second-order valence-corrected chi connectivity index (χ2v) is 5.01. The zero-order chi connectivity index (χ0) is 14.3. The first-order chi connectivity index (χ1) is 9.20. The third kappa shape index (κ3) is 13.2. The molecular formula is C17H30O2. The molecule has 0 rings (SSSR count). The highest BCUT2D eigenvalue weighted by Gasteiger charge is 2.09. The van der Waals surface area contributed by atoms with Gasteiger partial charge in [-0.25, -0.2) is 0 Å². The Hall–Kier alpha value is -1.05. The topological polar surface area (TPSA) is 26.3 Å². The third-order valence-electron chi connectivity index (χ3n) is 3.06. The second-order valence-electron chi connectivity index (χ2n) is 5.01. The van der Waals surface area contributed by atoms with E-state index in [1.807, 2.05) is 6.08 Å². The van der Waals surface area contributed by atoms with Crippen molar-refractivity contribution in [1.29, 1.82) is 0 Å². The highest BCUT2D eigenvalue weighted by Crippen LogP contribution is 2.13. The fraction of sp³-hybridized carbons (Fsp3) is 0.706. The number of ether oxygens (including phenoxy) is 1. The van der Waals surface area contributed by atoms with Crippen molar-refractivity contribution >= 4 is 5.97 Å². The summed E-state index contributed by atoms with van der Waals surface area (Å²) in [5, 5.41) is 0. The van der Waals surface area contributed by atoms with Gasteiger partial charge in [-0.1, -0.05) is 44.4 Å². The van der Waals surface area contributed by atoms with E-state index >= 15 is 0 Å². The highest BCUT2D eigenvalue weighted by molar-refractivity contribution is 5.66. The van der Waals surface area contributed by atoms with Crippen LogP contribution in [0.15, 0.2) is 24.8 Å². The smallest absolute Gasteiger partial charge is 0.302 e. The van der Waals surface area contributed by atoms with Gasteiger partial charge in [0.1, 0.15) is 6.10 Å². The van der Waals surface area contributed by atoms with Crippen LogP contribution < -0.4 is 0 Å². The van der Waals surface area contributed by atoms with Crippen LogP contribution in [0.1, 0.15) is 71.6 Å². The molecule has 0 aliphatic rings. The van der Waals surface area contributed by atoms with Crippen molar-refractivity contribution in [3.8, 4) is 0 Å². The Morgan fingerprint density at radius 3 is 2.58 bits per heavy atom. The van der Waals surface area contributed by atoms with Crippen LogP contribution in [0.5, 0.6) is 0 Å². The Kier molecular flexibility index (Phi) is 12.6. The number of esters is 1. The maximum absolute atomic E-state index is 11.1. The Bertz CT molecular complexity index is 256. The lowest BCUT2D eigenvalue weighted by atomic mass is 10.1. The van der Waals surface area contributed by atoms with Crippen LogP contribution in [0.2, 0.25) is 0 Å². The minimum atomic E-state index is -0.168. The molecule has 0 aliphatic carbocycles. The van der Waals surface area contributed by atoms with E-state index in [4.69, 9.17) is 4.74 Å². The van der Waals surface area contributed by atoms with Crippen molar-refractivity contribution in [3.63, 3.8) is 0 Å². The van der Waals surface area contributed by atoms with Crippen LogP contribution in [0, 0.1) is 0 Å². The molecular weight excluding hydrogens is 236 g/mol. The lowest BCUT2D eigenvalue weighted by molar-refractivity contribution is -0.146. The molecule has 0 saturated heterocycles. The van der Waals surface area contributed by atoms with E-state index in [0.29, 0.717) is 0 Å². The van der Waals surface area contributed by atoms with E-state index in [-0.39, 0.29) is 12.1 Å². The molecule has 0 fully saturated rings. The highest BCUT2D eigenvalue weighted by atomic mass is 16.5. The molecule has 0 aromatic carbocycles. The summed E-state index contributed by atoms with van der Waals surface area (Å²) in [7, 11) is 0. The molecule has 1 unspecified atom stereocenters. The molecule has 0 aromatic rings. The number of carbonyl (C=O) groups excluding carboxylic acids is 1. The van der Waals surface area contributed by atoms with E-state index in [9.17, 15) is 4.79 Å². The molecule has 0 aromatic heterocycles. The molecule has 0 amide bonds. The predicted octanol–water partition coefficient (Wildman–Crippen LogP) is 5.19. The molecule has 1 atom stereocenters. The van der Waals surface area contributed by atoms with Gasteiger partial charge in [-0.3, -0.25) is 4.79 Å². The summed E-state index contributed by atoms with van der Waals surface area (Å²) < 4.78 is 5.35. The van der Waals surface area contributed by atoms with Gasteiger partial charge in [0.15, 0.2) is 0 Å². The van der Waals surface area contributed by atoms with Crippen molar-refractivity contribution < 1.29 is 9.53 Å². The third-order valence-corrected chi connectivity index (χ3v) is 3.06. The number of rotatable bonds is 12. The van der Waals surface area contributed by atoms with Crippen LogP contribution in [0.3, 0.4) is 0 Å². The van der Waals surface area contributed by atoms with Gasteiger partial charge < -0.3 is 4.74 Å². The maximum Gasteiger partial charge on any atom is 0.302 e. The van der Waals surface area contributed by atoms with Gasteiger partial charge >= 0.3 is 5.97 Å². The molecule has 0 N–H and O–H groups in total. The summed E-state index contributed by atoms with van der Waals surface area (Å²) in [6.07, 6.45) is 16.3. The largest absolute Gasteiger partial charge is 0.462 e. The summed E-state index contributed by atoms with van der Waals surface area (Å²) in [6.45, 7) is 7.40. The Morgan fingerprint density at radius 2 is 1.95 bits per heavy atom. The van der Waals surface area contributed by atoms with Gasteiger partial charge in [-0.05, 0) is 32.1 Å². The number of carbonyl (C=O) groups is 1. The number of hydrogen-bond donors (Lipinski definition) is 0. The first-order valence-corrected chi connectivity index (χ1v) is 7.63. The second kappa shape index (κ2) is 13.4. The first kappa shape index (κ1) is 17.9. The molecule has 0 bridgehead atoms. The molecule has 2 heteroatoms. The van der Waals surface area contributed by atoms with Crippen molar-refractivity contribution in [2.45, 2.75) is 77.7 Å². The lowest BCUT2D eigenvalue weighted by Gasteiger charge is -2.15. The van der Waals surface area contributed by atoms with Crippen LogP contribution in [0.25, 0.3) is 0 Å². The van der Waals surface area contributed by atoms with Crippen molar-refractivity contribution in [2.24, 2.45) is 0 Å². The zero-order valence-electron chi connectivity index (χ0n) is 12.7. The van der Waals surface area contributed by atoms with Crippen LogP contribution in [0.4, 0.5) is 0 Å². The van der Waals surface area contributed by atoms with E-state index in [2.05, 4.69) is 25.7 Å². The van der Waals surface area contributed by atoms with E-state index < -0.39 is 0 Å². The maximum atomic E-state index is 11.1. The lowest BCUT2D eigenvalue weighted by Crippen LogP contribution is -2.15.